The Morgan fingerprint density at radius 3 is 1.39 bits per heavy atom. The van der Waals surface area contributed by atoms with E-state index in [4.69, 9.17) is 0 Å². The fourth-order valence-electron chi connectivity index (χ4n) is 2.85. The van der Waals surface area contributed by atoms with Crippen molar-refractivity contribution in [3.05, 3.63) is 0 Å². The molecular weight excluding hydrogens is 215 g/mol. The van der Waals surface area contributed by atoms with Crippen molar-refractivity contribution in [1.29, 1.82) is 0 Å². The van der Waals surface area contributed by atoms with E-state index in [1.807, 2.05) is 0 Å². The molecule has 0 N–H and O–H groups in total. The van der Waals surface area contributed by atoms with Crippen LogP contribution in [0.3, 0.4) is 0 Å². The quantitative estimate of drug-likeness (QED) is 0.503. The summed E-state index contributed by atoms with van der Waals surface area (Å²) in [6.07, 6.45) is 0. The molecule has 0 aliphatic heterocycles. The Morgan fingerprint density at radius 2 is 1.11 bits per heavy atom. The van der Waals surface area contributed by atoms with Crippen molar-refractivity contribution in [2.75, 3.05) is 0 Å². The van der Waals surface area contributed by atoms with Gasteiger partial charge in [-0.05, 0) is 23.2 Å². The molecule has 0 aromatic heterocycles. The lowest BCUT2D eigenvalue weighted by Crippen LogP contribution is -2.41. The van der Waals surface area contributed by atoms with Crippen molar-refractivity contribution < 1.29 is 0 Å². The van der Waals surface area contributed by atoms with Crippen molar-refractivity contribution in [2.24, 2.45) is 23.2 Å². The average molecular weight is 251 g/mol. The molecule has 0 saturated heterocycles. The second kappa shape index (κ2) is 5.59. The molecule has 0 aromatic carbocycles. The molecule has 107 valence electrons. The maximum absolute atomic E-state index is 2.62. The zero-order valence-electron chi connectivity index (χ0n) is 14.8. The summed E-state index contributed by atoms with van der Waals surface area (Å²) < 4.78 is 0. The first-order valence-electron chi connectivity index (χ1n) is 7.62. The fourth-order valence-corrected chi connectivity index (χ4v) is 2.85. The third-order valence-electron chi connectivity index (χ3n) is 6.01. The highest BCUT2D eigenvalue weighted by Crippen LogP contribution is 2.55. The molecule has 0 aliphatic rings. The molecule has 1 atom stereocenters. The van der Waals surface area contributed by atoms with E-state index in [-0.39, 0.29) is 10.6 Å². The Labute approximate surface area is 118 Å². The summed E-state index contributed by atoms with van der Waals surface area (Å²) in [5.74, 6) is 2.13. The standard InChI is InChI=1S/C17H36B/c1-12(2)14(5)16(8,9)18-17(10,11)15(6,7)13(3)4/h12-14H,1-11H3. The molecule has 1 unspecified atom stereocenters. The fraction of sp³-hybridized carbons (Fsp3) is 1.00. The van der Waals surface area contributed by atoms with Crippen molar-refractivity contribution in [1.82, 2.24) is 0 Å². The van der Waals surface area contributed by atoms with Gasteiger partial charge in [0.05, 0.1) is 0 Å². The van der Waals surface area contributed by atoms with Gasteiger partial charge in [0.25, 0.3) is 0 Å². The van der Waals surface area contributed by atoms with E-state index in [2.05, 4.69) is 83.4 Å². The summed E-state index contributed by atoms with van der Waals surface area (Å²) in [6.45, 7) is 26.2. The maximum Gasteiger partial charge on any atom is 0.125 e. The molecule has 1 heteroatoms. The van der Waals surface area contributed by atoms with Crippen LogP contribution in [-0.2, 0) is 0 Å². The SMILES string of the molecule is CC(C)C(C)C(C)(C)[B]C(C)(C)C(C)(C)C(C)C. The highest BCUT2D eigenvalue weighted by Gasteiger charge is 2.44. The molecule has 0 aromatic rings. The number of rotatable bonds is 6. The van der Waals surface area contributed by atoms with Gasteiger partial charge in [-0.25, -0.2) is 0 Å². The predicted octanol–water partition coefficient (Wildman–Crippen LogP) is 6.06. The predicted molar refractivity (Wildman–Crippen MR) is 86.5 cm³/mol. The lowest BCUT2D eigenvalue weighted by atomic mass is 9.31. The van der Waals surface area contributed by atoms with Crippen molar-refractivity contribution in [3.63, 3.8) is 0 Å². The second-order valence-electron chi connectivity index (χ2n) is 8.60. The van der Waals surface area contributed by atoms with E-state index in [1.54, 1.807) is 0 Å². The summed E-state index contributed by atoms with van der Waals surface area (Å²) >= 11 is 0. The van der Waals surface area contributed by atoms with E-state index in [9.17, 15) is 0 Å². The van der Waals surface area contributed by atoms with Crippen LogP contribution in [0.5, 0.6) is 0 Å². The van der Waals surface area contributed by atoms with Crippen molar-refractivity contribution in [2.45, 2.75) is 86.8 Å². The highest BCUT2D eigenvalue weighted by molar-refractivity contribution is 6.44. The van der Waals surface area contributed by atoms with E-state index in [1.165, 1.54) is 0 Å². The van der Waals surface area contributed by atoms with Gasteiger partial charge in [-0.1, -0.05) is 86.8 Å². The van der Waals surface area contributed by atoms with Crippen LogP contribution in [0.4, 0.5) is 0 Å². The van der Waals surface area contributed by atoms with Gasteiger partial charge in [0, 0.05) is 0 Å². The van der Waals surface area contributed by atoms with E-state index >= 15 is 0 Å². The molecule has 0 bridgehead atoms. The Hall–Kier alpha value is 0.0649. The van der Waals surface area contributed by atoms with Crippen LogP contribution < -0.4 is 0 Å². The Kier molecular flexibility index (Phi) is 5.61. The molecule has 0 aliphatic carbocycles. The Balaban J connectivity index is 5.08. The first kappa shape index (κ1) is 18.1. The van der Waals surface area contributed by atoms with Crippen LogP contribution in [0.1, 0.15) is 76.2 Å². The first-order valence-corrected chi connectivity index (χ1v) is 7.62. The average Bonchev–Trinajstić information content (AvgIpc) is 2.13. The molecule has 0 spiro atoms. The Morgan fingerprint density at radius 1 is 0.722 bits per heavy atom. The summed E-state index contributed by atoms with van der Waals surface area (Å²) in [5, 5.41) is 0.525. The normalized spacial score (nSPS) is 16.3. The molecule has 0 fully saturated rings. The zero-order chi connectivity index (χ0) is 14.9. The van der Waals surface area contributed by atoms with Gasteiger partial charge in [0.1, 0.15) is 7.28 Å². The van der Waals surface area contributed by atoms with Crippen LogP contribution in [-0.4, -0.2) is 7.28 Å². The molecule has 0 amide bonds. The van der Waals surface area contributed by atoms with Gasteiger partial charge in [-0.2, -0.15) is 0 Å². The van der Waals surface area contributed by atoms with Gasteiger partial charge in [-0.3, -0.25) is 0 Å². The summed E-state index contributed by atoms with van der Waals surface area (Å²) in [6, 6.07) is 0. The van der Waals surface area contributed by atoms with Gasteiger partial charge >= 0.3 is 0 Å². The smallest absolute Gasteiger partial charge is 0.0669 e. The lowest BCUT2D eigenvalue weighted by molar-refractivity contribution is 0.170. The summed E-state index contributed by atoms with van der Waals surface area (Å²) in [5.41, 5.74) is 0.320. The third-order valence-corrected chi connectivity index (χ3v) is 6.01. The van der Waals surface area contributed by atoms with Gasteiger partial charge in [-0.15, -0.1) is 0 Å². The number of hydrogen-bond acceptors (Lipinski definition) is 0. The minimum absolute atomic E-state index is 0.244. The molecule has 1 radical (unpaired) electrons. The molecule has 0 saturated carbocycles. The van der Waals surface area contributed by atoms with Gasteiger partial charge in [0.2, 0.25) is 0 Å². The van der Waals surface area contributed by atoms with Gasteiger partial charge < -0.3 is 0 Å². The highest BCUT2D eigenvalue weighted by atomic mass is 14.4. The number of hydrogen-bond donors (Lipinski definition) is 0. The Bertz CT molecular complexity index is 259. The van der Waals surface area contributed by atoms with Crippen LogP contribution in [0.2, 0.25) is 10.6 Å². The molecule has 0 rings (SSSR count). The van der Waals surface area contributed by atoms with Gasteiger partial charge in [0.15, 0.2) is 0 Å². The van der Waals surface area contributed by atoms with Crippen LogP contribution in [0, 0.1) is 23.2 Å². The van der Waals surface area contributed by atoms with E-state index in [0.717, 1.165) is 5.92 Å². The monoisotopic (exact) mass is 251 g/mol. The van der Waals surface area contributed by atoms with Crippen molar-refractivity contribution in [3.8, 4) is 0 Å². The third kappa shape index (κ3) is 3.78. The largest absolute Gasteiger partial charge is 0.125 e. The molecule has 0 nitrogen and oxygen atoms in total. The van der Waals surface area contributed by atoms with Crippen LogP contribution in [0.15, 0.2) is 0 Å². The lowest BCUT2D eigenvalue weighted by Gasteiger charge is -2.50. The summed E-state index contributed by atoms with van der Waals surface area (Å²) in [4.78, 5) is 0. The minimum Gasteiger partial charge on any atom is -0.0669 e. The molecular formula is C17H36B. The summed E-state index contributed by atoms with van der Waals surface area (Å²) in [7, 11) is 2.62. The zero-order valence-corrected chi connectivity index (χ0v) is 14.8. The molecule has 18 heavy (non-hydrogen) atoms. The minimum atomic E-state index is 0.244. The van der Waals surface area contributed by atoms with Crippen LogP contribution in [0.25, 0.3) is 0 Å². The van der Waals surface area contributed by atoms with Crippen molar-refractivity contribution >= 4 is 7.28 Å². The molecule has 0 heterocycles. The topological polar surface area (TPSA) is 0 Å². The van der Waals surface area contributed by atoms with E-state index < -0.39 is 0 Å². The van der Waals surface area contributed by atoms with E-state index in [0.29, 0.717) is 17.3 Å². The first-order chi connectivity index (χ1) is 7.75. The second-order valence-corrected chi connectivity index (χ2v) is 8.60. The van der Waals surface area contributed by atoms with Crippen LogP contribution >= 0.6 is 0 Å². The maximum atomic E-state index is 2.62.